The molecule has 3 nitrogen and oxygen atoms in total. The Morgan fingerprint density at radius 2 is 2.00 bits per heavy atom. The predicted octanol–water partition coefficient (Wildman–Crippen LogP) is 2.52. The highest BCUT2D eigenvalue weighted by molar-refractivity contribution is 7.08. The fourth-order valence-electron chi connectivity index (χ4n) is 2.40. The van der Waals surface area contributed by atoms with Crippen LogP contribution in [0.1, 0.15) is 36.8 Å². The highest BCUT2D eigenvalue weighted by atomic mass is 32.1. The number of carbonyl (C=O) groups is 2. The lowest BCUT2D eigenvalue weighted by Gasteiger charge is -2.32. The van der Waals surface area contributed by atoms with Gasteiger partial charge in [-0.05, 0) is 41.7 Å². The van der Waals surface area contributed by atoms with Crippen LogP contribution in [0.2, 0.25) is 0 Å². The average molecular weight is 238 g/mol. The van der Waals surface area contributed by atoms with Crippen molar-refractivity contribution >= 4 is 23.1 Å². The molecule has 0 bridgehead atoms. The van der Waals surface area contributed by atoms with E-state index in [-0.39, 0.29) is 5.78 Å². The van der Waals surface area contributed by atoms with E-state index >= 15 is 0 Å². The van der Waals surface area contributed by atoms with Gasteiger partial charge in [0.2, 0.25) is 0 Å². The standard InChI is InChI=1S/C12H14O3S/c1-8-6-16-7-10(8)12(11(14)15)4-2-9(13)3-5-12/h6-7H,2-5H2,1H3,(H,14,15). The third kappa shape index (κ3) is 1.67. The van der Waals surface area contributed by atoms with Gasteiger partial charge in [0.05, 0.1) is 5.41 Å². The lowest BCUT2D eigenvalue weighted by atomic mass is 9.69. The van der Waals surface area contributed by atoms with Crippen molar-refractivity contribution in [3.63, 3.8) is 0 Å². The molecule has 4 heteroatoms. The molecule has 1 saturated carbocycles. The molecule has 1 aromatic rings. The number of hydrogen-bond acceptors (Lipinski definition) is 3. The summed E-state index contributed by atoms with van der Waals surface area (Å²) in [6, 6.07) is 0. The van der Waals surface area contributed by atoms with Crippen LogP contribution in [0.5, 0.6) is 0 Å². The Bertz CT molecular complexity index is 423. The molecule has 0 aromatic carbocycles. The minimum atomic E-state index is -0.821. The van der Waals surface area contributed by atoms with E-state index < -0.39 is 11.4 Å². The van der Waals surface area contributed by atoms with Crippen molar-refractivity contribution in [1.82, 2.24) is 0 Å². The van der Waals surface area contributed by atoms with E-state index in [0.717, 1.165) is 11.1 Å². The van der Waals surface area contributed by atoms with E-state index in [1.807, 2.05) is 17.7 Å². The van der Waals surface area contributed by atoms with Gasteiger partial charge in [-0.2, -0.15) is 11.3 Å². The maximum atomic E-state index is 11.5. The van der Waals surface area contributed by atoms with Crippen LogP contribution in [0.15, 0.2) is 10.8 Å². The summed E-state index contributed by atoms with van der Waals surface area (Å²) in [4.78, 5) is 22.8. The van der Waals surface area contributed by atoms with Gasteiger partial charge in [-0.25, -0.2) is 0 Å². The second kappa shape index (κ2) is 4.01. The summed E-state index contributed by atoms with van der Waals surface area (Å²) in [5, 5.41) is 13.3. The van der Waals surface area contributed by atoms with Gasteiger partial charge in [0.1, 0.15) is 5.78 Å². The fraction of sp³-hybridized carbons (Fsp3) is 0.500. The Hall–Kier alpha value is -1.16. The summed E-state index contributed by atoms with van der Waals surface area (Å²) >= 11 is 1.53. The van der Waals surface area contributed by atoms with E-state index in [9.17, 15) is 14.7 Å². The molecule has 1 aromatic heterocycles. The molecule has 1 fully saturated rings. The van der Waals surface area contributed by atoms with Crippen molar-refractivity contribution in [2.75, 3.05) is 0 Å². The van der Waals surface area contributed by atoms with Gasteiger partial charge < -0.3 is 5.11 Å². The molecule has 1 N–H and O–H groups in total. The van der Waals surface area contributed by atoms with Crippen LogP contribution < -0.4 is 0 Å². The maximum Gasteiger partial charge on any atom is 0.314 e. The van der Waals surface area contributed by atoms with Crippen LogP contribution in [-0.4, -0.2) is 16.9 Å². The van der Waals surface area contributed by atoms with Crippen molar-refractivity contribution in [3.8, 4) is 0 Å². The van der Waals surface area contributed by atoms with Crippen LogP contribution >= 0.6 is 11.3 Å². The first kappa shape index (κ1) is 11.3. The van der Waals surface area contributed by atoms with Crippen molar-refractivity contribution in [3.05, 3.63) is 21.9 Å². The third-order valence-corrected chi connectivity index (χ3v) is 4.30. The molecule has 1 aliphatic rings. The summed E-state index contributed by atoms with van der Waals surface area (Å²) in [5.74, 6) is -0.605. The van der Waals surface area contributed by atoms with Gasteiger partial charge in [-0.1, -0.05) is 0 Å². The first-order chi connectivity index (χ1) is 7.56. The highest BCUT2D eigenvalue weighted by Gasteiger charge is 2.44. The minimum absolute atomic E-state index is 0.185. The van der Waals surface area contributed by atoms with E-state index in [1.165, 1.54) is 11.3 Å². The first-order valence-electron chi connectivity index (χ1n) is 5.34. The Balaban J connectivity index is 2.41. The van der Waals surface area contributed by atoms with Gasteiger partial charge in [-0.15, -0.1) is 0 Å². The summed E-state index contributed by atoms with van der Waals surface area (Å²) in [7, 11) is 0. The van der Waals surface area contributed by atoms with Crippen molar-refractivity contribution in [2.45, 2.75) is 38.0 Å². The maximum absolute atomic E-state index is 11.5. The van der Waals surface area contributed by atoms with Gasteiger partial charge >= 0.3 is 5.97 Å². The Morgan fingerprint density at radius 3 is 2.44 bits per heavy atom. The van der Waals surface area contributed by atoms with Crippen molar-refractivity contribution < 1.29 is 14.7 Å². The zero-order valence-electron chi connectivity index (χ0n) is 9.16. The van der Waals surface area contributed by atoms with Crippen molar-refractivity contribution in [1.29, 1.82) is 0 Å². The van der Waals surface area contributed by atoms with Crippen LogP contribution in [0.25, 0.3) is 0 Å². The topological polar surface area (TPSA) is 54.4 Å². The van der Waals surface area contributed by atoms with Gasteiger partial charge in [0.15, 0.2) is 0 Å². The Morgan fingerprint density at radius 1 is 1.38 bits per heavy atom. The molecule has 0 aliphatic heterocycles. The molecule has 0 radical (unpaired) electrons. The van der Waals surface area contributed by atoms with Crippen molar-refractivity contribution in [2.24, 2.45) is 0 Å². The monoisotopic (exact) mass is 238 g/mol. The molecule has 2 rings (SSSR count). The smallest absolute Gasteiger partial charge is 0.314 e. The number of Topliss-reactive ketones (excluding diaryl/α,β-unsaturated/α-hetero) is 1. The zero-order chi connectivity index (χ0) is 11.8. The number of ketones is 1. The second-order valence-corrected chi connectivity index (χ2v) is 5.14. The Kier molecular flexibility index (Phi) is 2.84. The minimum Gasteiger partial charge on any atom is -0.481 e. The van der Waals surface area contributed by atoms with E-state index in [1.54, 1.807) is 0 Å². The summed E-state index contributed by atoms with van der Waals surface area (Å²) < 4.78 is 0. The molecule has 0 saturated heterocycles. The van der Waals surface area contributed by atoms with Crippen LogP contribution in [0.3, 0.4) is 0 Å². The predicted molar refractivity (Wildman–Crippen MR) is 61.8 cm³/mol. The average Bonchev–Trinajstić information content (AvgIpc) is 2.66. The first-order valence-corrected chi connectivity index (χ1v) is 6.29. The molecule has 0 amide bonds. The van der Waals surface area contributed by atoms with Crippen LogP contribution in [0.4, 0.5) is 0 Å². The number of aryl methyl sites for hydroxylation is 1. The number of hydrogen-bond donors (Lipinski definition) is 1. The molecule has 0 unspecified atom stereocenters. The zero-order valence-corrected chi connectivity index (χ0v) is 9.97. The second-order valence-electron chi connectivity index (χ2n) is 4.39. The number of carboxylic acid groups (broad SMARTS) is 1. The summed E-state index contributed by atoms with van der Waals surface area (Å²) in [6.45, 7) is 1.94. The van der Waals surface area contributed by atoms with E-state index in [4.69, 9.17) is 0 Å². The third-order valence-electron chi connectivity index (χ3n) is 3.44. The number of thiophene rings is 1. The lowest BCUT2D eigenvalue weighted by molar-refractivity contribution is -0.146. The Labute approximate surface area is 98.1 Å². The van der Waals surface area contributed by atoms with Gasteiger partial charge in [0, 0.05) is 12.8 Å². The van der Waals surface area contributed by atoms with E-state index in [0.29, 0.717) is 25.7 Å². The van der Waals surface area contributed by atoms with Crippen LogP contribution in [-0.2, 0) is 15.0 Å². The number of carbonyl (C=O) groups excluding carboxylic acids is 1. The van der Waals surface area contributed by atoms with Gasteiger partial charge in [0.25, 0.3) is 0 Å². The highest BCUT2D eigenvalue weighted by Crippen LogP contribution is 2.41. The molecule has 1 heterocycles. The number of aliphatic carboxylic acids is 1. The fourth-order valence-corrected chi connectivity index (χ4v) is 3.35. The largest absolute Gasteiger partial charge is 0.481 e. The quantitative estimate of drug-likeness (QED) is 0.861. The van der Waals surface area contributed by atoms with Gasteiger partial charge in [-0.3, -0.25) is 9.59 Å². The molecule has 0 spiro atoms. The van der Waals surface area contributed by atoms with Crippen LogP contribution in [0, 0.1) is 6.92 Å². The van der Waals surface area contributed by atoms with E-state index in [2.05, 4.69) is 0 Å². The molecule has 0 atom stereocenters. The normalized spacial score (nSPS) is 19.7. The summed E-state index contributed by atoms with van der Waals surface area (Å²) in [6.07, 6.45) is 1.67. The number of rotatable bonds is 2. The summed E-state index contributed by atoms with van der Waals surface area (Å²) in [5.41, 5.74) is 1.11. The lowest BCUT2D eigenvalue weighted by Crippen LogP contribution is -2.39. The molecule has 86 valence electrons. The SMILES string of the molecule is Cc1cscc1C1(C(=O)O)CCC(=O)CC1. The molecular formula is C12H14O3S. The molecule has 1 aliphatic carbocycles. The number of carboxylic acids is 1. The molecule has 16 heavy (non-hydrogen) atoms. The molecular weight excluding hydrogens is 224 g/mol.